The van der Waals surface area contributed by atoms with Gasteiger partial charge in [0.2, 0.25) is 0 Å². The molecule has 0 radical (unpaired) electrons. The largest absolute Gasteiger partial charge is 0.381 e. The zero-order valence-corrected chi connectivity index (χ0v) is 13.1. The van der Waals surface area contributed by atoms with Crippen LogP contribution in [0.4, 0.5) is 5.69 Å². The maximum Gasteiger partial charge on any atom is 0.0702 e. The topological polar surface area (TPSA) is 21.3 Å². The zero-order valence-electron chi connectivity index (χ0n) is 11.6. The number of anilines is 1. The van der Waals surface area contributed by atoms with Crippen molar-refractivity contribution < 1.29 is 4.74 Å². The fraction of sp³-hybridized carbons (Fsp3) is 0.625. The minimum Gasteiger partial charge on any atom is -0.381 e. The van der Waals surface area contributed by atoms with Gasteiger partial charge in [-0.1, -0.05) is 42.5 Å². The highest BCUT2D eigenvalue weighted by atomic mass is 35.5. The molecule has 1 aliphatic heterocycles. The lowest BCUT2D eigenvalue weighted by Gasteiger charge is -2.44. The second-order valence-electron chi connectivity index (χ2n) is 6.05. The average molecular weight is 314 g/mol. The zero-order chi connectivity index (χ0) is 14.0. The van der Waals surface area contributed by atoms with Crippen molar-refractivity contribution in [3.63, 3.8) is 0 Å². The van der Waals surface area contributed by atoms with E-state index in [1.54, 1.807) is 0 Å². The lowest BCUT2D eigenvalue weighted by molar-refractivity contribution is -0.103. The van der Waals surface area contributed by atoms with Crippen molar-refractivity contribution in [2.24, 2.45) is 0 Å². The highest BCUT2D eigenvalue weighted by Crippen LogP contribution is 2.39. The van der Waals surface area contributed by atoms with E-state index in [0.29, 0.717) is 6.04 Å². The maximum atomic E-state index is 6.24. The van der Waals surface area contributed by atoms with Crippen molar-refractivity contribution in [1.29, 1.82) is 0 Å². The van der Waals surface area contributed by atoms with Crippen LogP contribution in [0.5, 0.6) is 0 Å². The number of hydrogen-bond donors (Lipinski definition) is 1. The standard InChI is InChI=1S/C16H21Cl2NO/c17-12-4-5-14(18)15(10-12)19-13-6-9-20-16(11-13)7-2-1-3-8-16/h4-5,10,13,19H,1-3,6-9,11H2. The van der Waals surface area contributed by atoms with Crippen molar-refractivity contribution in [3.05, 3.63) is 28.2 Å². The summed E-state index contributed by atoms with van der Waals surface area (Å²) in [5.74, 6) is 0. The first-order valence-corrected chi connectivity index (χ1v) is 8.28. The van der Waals surface area contributed by atoms with Crippen molar-refractivity contribution in [2.45, 2.75) is 56.6 Å². The van der Waals surface area contributed by atoms with Crippen LogP contribution in [-0.2, 0) is 4.74 Å². The average Bonchev–Trinajstić information content (AvgIpc) is 2.44. The van der Waals surface area contributed by atoms with Crippen LogP contribution >= 0.6 is 23.2 Å². The molecule has 1 unspecified atom stereocenters. The monoisotopic (exact) mass is 313 g/mol. The second-order valence-corrected chi connectivity index (χ2v) is 6.89. The number of halogens is 2. The fourth-order valence-corrected chi connectivity index (χ4v) is 3.87. The molecule has 20 heavy (non-hydrogen) atoms. The van der Waals surface area contributed by atoms with Crippen LogP contribution in [0.25, 0.3) is 0 Å². The van der Waals surface area contributed by atoms with Crippen molar-refractivity contribution in [2.75, 3.05) is 11.9 Å². The summed E-state index contributed by atoms with van der Waals surface area (Å²) in [6.45, 7) is 0.843. The van der Waals surface area contributed by atoms with E-state index < -0.39 is 0 Å². The van der Waals surface area contributed by atoms with E-state index in [-0.39, 0.29) is 5.60 Å². The quantitative estimate of drug-likeness (QED) is 0.801. The molecule has 3 rings (SSSR count). The van der Waals surface area contributed by atoms with E-state index in [1.165, 1.54) is 32.1 Å². The molecule has 1 saturated carbocycles. The summed E-state index contributed by atoms with van der Waals surface area (Å²) in [6.07, 6.45) is 8.46. The van der Waals surface area contributed by atoms with Crippen LogP contribution < -0.4 is 5.32 Å². The third-order valence-corrected chi connectivity index (χ3v) is 5.11. The van der Waals surface area contributed by atoms with Crippen LogP contribution in [-0.4, -0.2) is 18.2 Å². The van der Waals surface area contributed by atoms with E-state index in [2.05, 4.69) is 5.32 Å². The lowest BCUT2D eigenvalue weighted by Crippen LogP contribution is -2.45. The molecular formula is C16H21Cl2NO. The SMILES string of the molecule is Clc1ccc(Cl)c(NC2CCOC3(CCCCC3)C2)c1. The molecule has 2 fully saturated rings. The summed E-state index contributed by atoms with van der Waals surface area (Å²) in [6, 6.07) is 6.01. The van der Waals surface area contributed by atoms with E-state index in [0.717, 1.165) is 35.2 Å². The van der Waals surface area contributed by atoms with Gasteiger partial charge in [-0.3, -0.25) is 0 Å². The lowest BCUT2D eigenvalue weighted by atomic mass is 9.78. The Morgan fingerprint density at radius 1 is 1.15 bits per heavy atom. The Morgan fingerprint density at radius 2 is 1.95 bits per heavy atom. The van der Waals surface area contributed by atoms with Crippen LogP contribution in [0, 0.1) is 0 Å². The van der Waals surface area contributed by atoms with Gasteiger partial charge in [-0.15, -0.1) is 0 Å². The molecule has 1 aliphatic carbocycles. The van der Waals surface area contributed by atoms with Gasteiger partial charge in [-0.25, -0.2) is 0 Å². The molecule has 1 atom stereocenters. The van der Waals surface area contributed by atoms with Gasteiger partial charge in [0.15, 0.2) is 0 Å². The van der Waals surface area contributed by atoms with Crippen molar-refractivity contribution in [1.82, 2.24) is 0 Å². The van der Waals surface area contributed by atoms with Gasteiger partial charge in [0, 0.05) is 17.7 Å². The van der Waals surface area contributed by atoms with Gasteiger partial charge < -0.3 is 10.1 Å². The molecule has 1 N–H and O–H groups in total. The van der Waals surface area contributed by atoms with Gasteiger partial charge in [0.1, 0.15) is 0 Å². The summed E-state index contributed by atoms with van der Waals surface area (Å²) in [5.41, 5.74) is 1.05. The molecule has 1 saturated heterocycles. The number of nitrogens with one attached hydrogen (secondary N) is 1. The Bertz CT molecular complexity index is 466. The van der Waals surface area contributed by atoms with Crippen molar-refractivity contribution >= 4 is 28.9 Å². The van der Waals surface area contributed by atoms with E-state index in [9.17, 15) is 0 Å². The highest BCUT2D eigenvalue weighted by Gasteiger charge is 2.38. The first kappa shape index (κ1) is 14.5. The van der Waals surface area contributed by atoms with E-state index in [4.69, 9.17) is 27.9 Å². The first-order valence-electron chi connectivity index (χ1n) is 7.52. The molecule has 1 spiro atoms. The van der Waals surface area contributed by atoms with E-state index >= 15 is 0 Å². The molecule has 0 aromatic heterocycles. The molecule has 1 heterocycles. The predicted molar refractivity (Wildman–Crippen MR) is 84.9 cm³/mol. The van der Waals surface area contributed by atoms with Crippen LogP contribution in [0.2, 0.25) is 10.0 Å². The minimum absolute atomic E-state index is 0.110. The Balaban J connectivity index is 1.69. The molecular weight excluding hydrogens is 293 g/mol. The normalized spacial score (nSPS) is 25.6. The molecule has 110 valence electrons. The first-order chi connectivity index (χ1) is 9.67. The Hall–Kier alpha value is -0.440. The van der Waals surface area contributed by atoms with Crippen molar-refractivity contribution in [3.8, 4) is 0 Å². The van der Waals surface area contributed by atoms with Gasteiger partial charge in [0.25, 0.3) is 0 Å². The Labute approximate surface area is 130 Å². The van der Waals surface area contributed by atoms with E-state index in [1.807, 2.05) is 18.2 Å². The third kappa shape index (κ3) is 3.24. The molecule has 4 heteroatoms. The van der Waals surface area contributed by atoms with Crippen LogP contribution in [0.3, 0.4) is 0 Å². The summed E-state index contributed by atoms with van der Waals surface area (Å²) in [7, 11) is 0. The van der Waals surface area contributed by atoms with Gasteiger partial charge in [-0.05, 0) is 43.9 Å². The van der Waals surface area contributed by atoms with Gasteiger partial charge >= 0.3 is 0 Å². The molecule has 0 amide bonds. The predicted octanol–water partition coefficient (Wildman–Crippen LogP) is 5.29. The summed E-state index contributed by atoms with van der Waals surface area (Å²) < 4.78 is 6.13. The van der Waals surface area contributed by atoms with Gasteiger partial charge in [0.05, 0.1) is 16.3 Å². The van der Waals surface area contributed by atoms with Crippen LogP contribution in [0.1, 0.15) is 44.9 Å². The maximum absolute atomic E-state index is 6.24. The fourth-order valence-electron chi connectivity index (χ4n) is 3.52. The summed E-state index contributed by atoms with van der Waals surface area (Å²) in [5, 5.41) is 5.02. The number of benzene rings is 1. The number of rotatable bonds is 2. The minimum atomic E-state index is 0.110. The molecule has 2 nitrogen and oxygen atoms in total. The Morgan fingerprint density at radius 3 is 2.75 bits per heavy atom. The Kier molecular flexibility index (Phi) is 4.44. The van der Waals surface area contributed by atoms with Gasteiger partial charge in [-0.2, -0.15) is 0 Å². The molecule has 2 aliphatic rings. The molecule has 0 bridgehead atoms. The van der Waals surface area contributed by atoms with Crippen LogP contribution in [0.15, 0.2) is 18.2 Å². The summed E-state index contributed by atoms with van der Waals surface area (Å²) in [4.78, 5) is 0. The highest BCUT2D eigenvalue weighted by molar-refractivity contribution is 6.35. The molecule has 1 aromatic carbocycles. The number of ether oxygens (including phenoxy) is 1. The summed E-state index contributed by atoms with van der Waals surface area (Å²) >= 11 is 12.3. The second kappa shape index (κ2) is 6.13. The third-order valence-electron chi connectivity index (χ3n) is 4.55. The number of hydrogen-bond acceptors (Lipinski definition) is 2. The smallest absolute Gasteiger partial charge is 0.0702 e. The molecule has 1 aromatic rings.